The summed E-state index contributed by atoms with van der Waals surface area (Å²) in [5.74, 6) is -0.433. The molecule has 1 aliphatic carbocycles. The summed E-state index contributed by atoms with van der Waals surface area (Å²) in [6.07, 6.45) is 3.14. The molecule has 0 spiro atoms. The number of thiophene rings is 1. The van der Waals surface area contributed by atoms with Gasteiger partial charge in [0.25, 0.3) is 0 Å². The Morgan fingerprint density at radius 2 is 2.18 bits per heavy atom. The Kier molecular flexibility index (Phi) is 3.47. The van der Waals surface area contributed by atoms with Gasteiger partial charge in [0.15, 0.2) is 0 Å². The number of carbonyl (C=O) groups is 2. The molecule has 1 fully saturated rings. The quantitative estimate of drug-likeness (QED) is 0.870. The molecule has 0 bridgehead atoms. The predicted molar refractivity (Wildman–Crippen MR) is 66.4 cm³/mol. The second-order valence-corrected chi connectivity index (χ2v) is 5.56. The van der Waals surface area contributed by atoms with E-state index in [1.165, 1.54) is 6.07 Å². The Morgan fingerprint density at radius 3 is 2.71 bits per heavy atom. The van der Waals surface area contributed by atoms with Crippen LogP contribution < -0.4 is 5.32 Å². The van der Waals surface area contributed by atoms with Crippen molar-refractivity contribution >= 4 is 28.2 Å². The minimum Gasteiger partial charge on any atom is -0.477 e. The lowest BCUT2D eigenvalue weighted by atomic mass is 9.97. The maximum Gasteiger partial charge on any atom is 0.345 e. The Balaban J connectivity index is 2.00. The van der Waals surface area contributed by atoms with Crippen molar-refractivity contribution in [2.75, 3.05) is 5.32 Å². The molecule has 1 aromatic rings. The summed E-state index contributed by atoms with van der Waals surface area (Å²) in [5.41, 5.74) is 0. The fourth-order valence-electron chi connectivity index (χ4n) is 2.27. The van der Waals surface area contributed by atoms with Crippen molar-refractivity contribution in [1.82, 2.24) is 0 Å². The molecule has 1 saturated carbocycles. The van der Waals surface area contributed by atoms with Crippen LogP contribution in [0, 0.1) is 11.8 Å². The fraction of sp³-hybridized carbons (Fsp3) is 0.500. The molecular formula is C12H15NO3S. The lowest BCUT2D eigenvalue weighted by Crippen LogP contribution is -2.24. The Bertz CT molecular complexity index is 441. The van der Waals surface area contributed by atoms with Crippen LogP contribution in [0.2, 0.25) is 0 Å². The van der Waals surface area contributed by atoms with Gasteiger partial charge in [0.1, 0.15) is 4.88 Å². The summed E-state index contributed by atoms with van der Waals surface area (Å²) in [6.45, 7) is 2.09. The minimum absolute atomic E-state index is 0.0220. The van der Waals surface area contributed by atoms with Gasteiger partial charge < -0.3 is 10.4 Å². The zero-order valence-corrected chi connectivity index (χ0v) is 10.4. The standard InChI is InChI=1S/C12H15NO3S/c1-7-3-2-4-8(7)11(14)13-10-6-5-9(17-10)12(15)16/h5-8H,2-4H2,1H3,(H,13,14)(H,15,16). The predicted octanol–water partition coefficient (Wildman–Crippen LogP) is 2.82. The first kappa shape index (κ1) is 12.1. The molecule has 1 aliphatic rings. The number of carboxylic acids is 1. The van der Waals surface area contributed by atoms with Crippen molar-refractivity contribution < 1.29 is 14.7 Å². The molecule has 17 heavy (non-hydrogen) atoms. The van der Waals surface area contributed by atoms with E-state index in [1.807, 2.05) is 0 Å². The third-order valence-corrected chi connectivity index (χ3v) is 4.25. The number of carbonyl (C=O) groups excluding carboxylic acids is 1. The van der Waals surface area contributed by atoms with Crippen LogP contribution in [0.4, 0.5) is 5.00 Å². The average Bonchev–Trinajstić information content (AvgIpc) is 2.86. The average molecular weight is 253 g/mol. The molecule has 2 unspecified atom stereocenters. The summed E-state index contributed by atoms with van der Waals surface area (Å²) in [6, 6.07) is 3.16. The molecule has 1 amide bonds. The zero-order chi connectivity index (χ0) is 12.4. The minimum atomic E-state index is -0.954. The number of amides is 1. The van der Waals surface area contributed by atoms with Crippen LogP contribution >= 0.6 is 11.3 Å². The summed E-state index contributed by atoms with van der Waals surface area (Å²) in [7, 11) is 0. The van der Waals surface area contributed by atoms with Crippen molar-refractivity contribution in [3.8, 4) is 0 Å². The van der Waals surface area contributed by atoms with Crippen LogP contribution in [0.25, 0.3) is 0 Å². The summed E-state index contributed by atoms with van der Waals surface area (Å²) >= 11 is 1.10. The van der Waals surface area contributed by atoms with E-state index in [2.05, 4.69) is 12.2 Å². The van der Waals surface area contributed by atoms with Gasteiger partial charge in [0.05, 0.1) is 5.00 Å². The van der Waals surface area contributed by atoms with E-state index in [0.29, 0.717) is 10.9 Å². The lowest BCUT2D eigenvalue weighted by molar-refractivity contribution is -0.120. The Hall–Kier alpha value is -1.36. The molecule has 2 atom stereocenters. The first-order valence-electron chi connectivity index (χ1n) is 5.72. The molecule has 1 aromatic heterocycles. The maximum absolute atomic E-state index is 12.0. The molecule has 0 aliphatic heterocycles. The van der Waals surface area contributed by atoms with E-state index in [-0.39, 0.29) is 16.7 Å². The zero-order valence-electron chi connectivity index (χ0n) is 9.60. The highest BCUT2D eigenvalue weighted by atomic mass is 32.1. The molecule has 2 rings (SSSR count). The van der Waals surface area contributed by atoms with E-state index in [4.69, 9.17) is 5.11 Å². The van der Waals surface area contributed by atoms with Gasteiger partial charge >= 0.3 is 5.97 Å². The van der Waals surface area contributed by atoms with E-state index in [9.17, 15) is 9.59 Å². The molecule has 0 aromatic carbocycles. The van der Waals surface area contributed by atoms with Gasteiger partial charge in [-0.1, -0.05) is 13.3 Å². The van der Waals surface area contributed by atoms with Gasteiger partial charge in [0, 0.05) is 5.92 Å². The number of aromatic carboxylic acids is 1. The molecule has 1 heterocycles. The number of anilines is 1. The highest BCUT2D eigenvalue weighted by Crippen LogP contribution is 2.32. The number of carboxylic acid groups (broad SMARTS) is 1. The molecule has 0 saturated heterocycles. The summed E-state index contributed by atoms with van der Waals surface area (Å²) < 4.78 is 0. The van der Waals surface area contributed by atoms with Crippen LogP contribution in [0.1, 0.15) is 35.9 Å². The van der Waals surface area contributed by atoms with E-state index in [0.717, 1.165) is 30.6 Å². The molecule has 92 valence electrons. The van der Waals surface area contributed by atoms with Crippen molar-refractivity contribution in [1.29, 1.82) is 0 Å². The molecule has 5 heteroatoms. The number of nitrogens with one attached hydrogen (secondary N) is 1. The second-order valence-electron chi connectivity index (χ2n) is 4.47. The highest BCUT2D eigenvalue weighted by Gasteiger charge is 2.29. The van der Waals surface area contributed by atoms with Gasteiger partial charge in [-0.25, -0.2) is 4.79 Å². The topological polar surface area (TPSA) is 66.4 Å². The normalized spacial score (nSPS) is 23.6. The van der Waals surface area contributed by atoms with Crippen LogP contribution in [-0.2, 0) is 4.79 Å². The van der Waals surface area contributed by atoms with Crippen molar-refractivity contribution in [3.63, 3.8) is 0 Å². The Morgan fingerprint density at radius 1 is 1.41 bits per heavy atom. The third-order valence-electron chi connectivity index (χ3n) is 3.26. The Labute approximate surface area is 104 Å². The fourth-order valence-corrected chi connectivity index (χ4v) is 3.02. The van der Waals surface area contributed by atoms with Crippen LogP contribution in [0.3, 0.4) is 0 Å². The van der Waals surface area contributed by atoms with Crippen LogP contribution in [-0.4, -0.2) is 17.0 Å². The molecule has 2 N–H and O–H groups in total. The van der Waals surface area contributed by atoms with Gasteiger partial charge in [-0.3, -0.25) is 4.79 Å². The lowest BCUT2D eigenvalue weighted by Gasteiger charge is -2.13. The molecular weight excluding hydrogens is 238 g/mol. The number of hydrogen-bond donors (Lipinski definition) is 2. The highest BCUT2D eigenvalue weighted by molar-refractivity contribution is 7.18. The van der Waals surface area contributed by atoms with Gasteiger partial charge in [-0.05, 0) is 30.9 Å². The monoisotopic (exact) mass is 253 g/mol. The maximum atomic E-state index is 12.0. The van der Waals surface area contributed by atoms with Crippen molar-refractivity contribution in [2.24, 2.45) is 11.8 Å². The largest absolute Gasteiger partial charge is 0.477 e. The van der Waals surface area contributed by atoms with E-state index >= 15 is 0 Å². The first-order valence-corrected chi connectivity index (χ1v) is 6.53. The summed E-state index contributed by atoms with van der Waals surface area (Å²) in [4.78, 5) is 22.9. The van der Waals surface area contributed by atoms with Crippen molar-refractivity contribution in [3.05, 3.63) is 17.0 Å². The molecule has 0 radical (unpaired) electrons. The van der Waals surface area contributed by atoms with E-state index in [1.54, 1.807) is 6.07 Å². The smallest absolute Gasteiger partial charge is 0.345 e. The van der Waals surface area contributed by atoms with E-state index < -0.39 is 5.97 Å². The van der Waals surface area contributed by atoms with Gasteiger partial charge in [-0.15, -0.1) is 11.3 Å². The first-order chi connectivity index (χ1) is 8.08. The third kappa shape index (κ3) is 2.66. The molecule has 4 nitrogen and oxygen atoms in total. The van der Waals surface area contributed by atoms with Gasteiger partial charge in [0.2, 0.25) is 5.91 Å². The van der Waals surface area contributed by atoms with Crippen LogP contribution in [0.5, 0.6) is 0 Å². The second kappa shape index (κ2) is 4.87. The van der Waals surface area contributed by atoms with Crippen molar-refractivity contribution in [2.45, 2.75) is 26.2 Å². The van der Waals surface area contributed by atoms with Crippen LogP contribution in [0.15, 0.2) is 12.1 Å². The SMILES string of the molecule is CC1CCCC1C(=O)Nc1ccc(C(=O)O)s1. The summed E-state index contributed by atoms with van der Waals surface area (Å²) in [5, 5.41) is 12.2. The van der Waals surface area contributed by atoms with Gasteiger partial charge in [-0.2, -0.15) is 0 Å². The number of rotatable bonds is 3. The number of hydrogen-bond acceptors (Lipinski definition) is 3.